The first-order chi connectivity index (χ1) is 13.5. The van der Waals surface area contributed by atoms with Crippen molar-refractivity contribution in [1.82, 2.24) is 9.78 Å². The Labute approximate surface area is 167 Å². The summed E-state index contributed by atoms with van der Waals surface area (Å²) in [5.74, 6) is 0. The van der Waals surface area contributed by atoms with Gasteiger partial charge in [-0.15, -0.1) is 0 Å². The summed E-state index contributed by atoms with van der Waals surface area (Å²) in [6.07, 6.45) is -3.47. The molecule has 0 spiro atoms. The number of aliphatic hydroxyl groups excluding tert-OH is 1. The molecule has 1 aromatic heterocycles. The van der Waals surface area contributed by atoms with Gasteiger partial charge in [0.2, 0.25) is 0 Å². The van der Waals surface area contributed by atoms with Crippen LogP contribution < -0.4 is 0 Å². The Bertz CT molecular complexity index is 974. The third-order valence-corrected chi connectivity index (χ3v) is 7.94. The second-order valence-corrected chi connectivity index (χ2v) is 9.99. The minimum atomic E-state index is -4.63. The van der Waals surface area contributed by atoms with Crippen LogP contribution in [0.2, 0.25) is 0 Å². The van der Waals surface area contributed by atoms with Crippen LogP contribution in [0.25, 0.3) is 0 Å². The molecular weight excluding hydrogens is 409 g/mol. The minimum absolute atomic E-state index is 0.0649. The maximum atomic E-state index is 13.3. The van der Waals surface area contributed by atoms with E-state index in [1.807, 2.05) is 0 Å². The largest absolute Gasteiger partial charge is 0.416 e. The predicted molar refractivity (Wildman–Crippen MR) is 99.0 cm³/mol. The summed E-state index contributed by atoms with van der Waals surface area (Å²) in [6, 6.07) is 5.20. The molecule has 3 unspecified atom stereocenters. The maximum Gasteiger partial charge on any atom is 0.416 e. The van der Waals surface area contributed by atoms with Gasteiger partial charge in [0.25, 0.3) is 0 Å². The number of nitrogens with zero attached hydrogens (tertiary/aromatic N) is 2. The van der Waals surface area contributed by atoms with Crippen LogP contribution >= 0.6 is 0 Å². The Kier molecular flexibility index (Phi) is 5.81. The first-order valence-electron chi connectivity index (χ1n) is 9.17. The van der Waals surface area contributed by atoms with Crippen LogP contribution in [0.4, 0.5) is 13.2 Å². The van der Waals surface area contributed by atoms with Crippen molar-refractivity contribution < 1.29 is 31.4 Å². The molecule has 29 heavy (non-hydrogen) atoms. The first-order valence-corrected chi connectivity index (χ1v) is 10.7. The van der Waals surface area contributed by atoms with E-state index in [1.165, 1.54) is 19.2 Å². The number of halogens is 3. The molecular formula is C19H23F3N2O4S. The van der Waals surface area contributed by atoms with Crippen LogP contribution in [-0.4, -0.2) is 41.3 Å². The normalized spacial score (nSPS) is 24.4. The Hall–Kier alpha value is -1.91. The first kappa shape index (κ1) is 21.8. The number of hydrogen-bond acceptors (Lipinski definition) is 5. The number of aliphatic hydroxyl groups is 1. The maximum absolute atomic E-state index is 13.3. The highest BCUT2D eigenvalue weighted by Gasteiger charge is 2.46. The van der Waals surface area contributed by atoms with Crippen LogP contribution in [0.15, 0.2) is 41.4 Å². The molecule has 3 atom stereocenters. The summed E-state index contributed by atoms with van der Waals surface area (Å²) in [6.45, 7) is 3.28. The van der Waals surface area contributed by atoms with Crippen LogP contribution in [0.5, 0.6) is 0 Å². The van der Waals surface area contributed by atoms with Crippen molar-refractivity contribution >= 4 is 9.84 Å². The molecule has 0 saturated carbocycles. The van der Waals surface area contributed by atoms with Crippen LogP contribution in [0.1, 0.15) is 50.1 Å². The molecule has 0 aliphatic carbocycles. The molecule has 0 radical (unpaired) electrons. The van der Waals surface area contributed by atoms with Gasteiger partial charge in [0.05, 0.1) is 33.5 Å². The van der Waals surface area contributed by atoms with Gasteiger partial charge >= 0.3 is 6.18 Å². The Balaban J connectivity index is 1.95. The van der Waals surface area contributed by atoms with Crippen molar-refractivity contribution in [3.63, 3.8) is 0 Å². The minimum Gasteiger partial charge on any atom is -0.394 e. The predicted octanol–water partition coefficient (Wildman–Crippen LogP) is 3.54. The van der Waals surface area contributed by atoms with E-state index in [0.29, 0.717) is 11.8 Å². The number of rotatable bonds is 5. The summed E-state index contributed by atoms with van der Waals surface area (Å²) in [5, 5.41) is 13.6. The fourth-order valence-electron chi connectivity index (χ4n) is 3.55. The average molecular weight is 432 g/mol. The highest BCUT2D eigenvalue weighted by atomic mass is 32.2. The summed E-state index contributed by atoms with van der Waals surface area (Å²) in [4.78, 5) is -0.354. The lowest BCUT2D eigenvalue weighted by atomic mass is 9.94. The Morgan fingerprint density at radius 3 is 2.76 bits per heavy atom. The quantitative estimate of drug-likeness (QED) is 0.782. The molecule has 10 heteroatoms. The van der Waals surface area contributed by atoms with E-state index < -0.39 is 32.4 Å². The van der Waals surface area contributed by atoms with Gasteiger partial charge in [-0.1, -0.05) is 6.07 Å². The van der Waals surface area contributed by atoms with E-state index in [9.17, 15) is 26.7 Å². The summed E-state index contributed by atoms with van der Waals surface area (Å²) >= 11 is 0. The smallest absolute Gasteiger partial charge is 0.394 e. The lowest BCUT2D eigenvalue weighted by molar-refractivity contribution is -0.137. The van der Waals surface area contributed by atoms with Gasteiger partial charge in [-0.2, -0.15) is 18.3 Å². The summed E-state index contributed by atoms with van der Waals surface area (Å²) in [7, 11) is -4.07. The highest BCUT2D eigenvalue weighted by molar-refractivity contribution is 7.92. The van der Waals surface area contributed by atoms with Gasteiger partial charge < -0.3 is 9.84 Å². The standard InChI is InChI=1S/C19H23F3N2O4S/c1-13(12-25)24-16(6-8-23-24)17-11-18(2,7-9-28-17)29(26,27)15-5-3-4-14(10-15)19(20,21)22/h3-6,8,10,13,17,25H,7,9,11-12H2,1-2H3. The fraction of sp³-hybridized carbons (Fsp3) is 0.526. The molecule has 1 aliphatic heterocycles. The molecule has 160 valence electrons. The topological polar surface area (TPSA) is 81.4 Å². The van der Waals surface area contributed by atoms with Gasteiger partial charge in [-0.05, 0) is 51.0 Å². The van der Waals surface area contributed by atoms with E-state index in [0.717, 1.165) is 12.1 Å². The molecule has 1 fully saturated rings. The summed E-state index contributed by atoms with van der Waals surface area (Å²) < 4.78 is 71.8. The molecule has 1 aliphatic rings. The van der Waals surface area contributed by atoms with Crippen LogP contribution in [0.3, 0.4) is 0 Å². The number of hydrogen-bond donors (Lipinski definition) is 1. The van der Waals surface area contributed by atoms with E-state index >= 15 is 0 Å². The van der Waals surface area contributed by atoms with Gasteiger partial charge in [0.15, 0.2) is 9.84 Å². The SMILES string of the molecule is CC(CO)n1nccc1C1CC(C)(S(=O)(=O)c2cccc(C(F)(F)F)c2)CCO1. The lowest BCUT2D eigenvalue weighted by Crippen LogP contribution is -2.42. The van der Waals surface area contributed by atoms with E-state index in [1.54, 1.807) is 17.7 Å². The van der Waals surface area contributed by atoms with Crippen molar-refractivity contribution in [3.05, 3.63) is 47.8 Å². The Morgan fingerprint density at radius 1 is 1.38 bits per heavy atom. The molecule has 6 nitrogen and oxygen atoms in total. The van der Waals surface area contributed by atoms with Crippen LogP contribution in [0, 0.1) is 0 Å². The molecule has 3 rings (SSSR count). The second kappa shape index (κ2) is 7.73. The molecule has 0 amide bonds. The van der Waals surface area contributed by atoms with Gasteiger partial charge in [-0.3, -0.25) is 4.68 Å². The third kappa shape index (κ3) is 4.06. The zero-order valence-electron chi connectivity index (χ0n) is 16.1. The molecule has 1 aromatic carbocycles. The number of sulfone groups is 1. The second-order valence-electron chi connectivity index (χ2n) is 7.52. The number of ether oxygens (including phenoxy) is 1. The van der Waals surface area contributed by atoms with Crippen molar-refractivity contribution in [2.24, 2.45) is 0 Å². The zero-order chi connectivity index (χ0) is 21.4. The van der Waals surface area contributed by atoms with Crippen molar-refractivity contribution in [1.29, 1.82) is 0 Å². The van der Waals surface area contributed by atoms with E-state index in [-0.39, 0.29) is 37.0 Å². The molecule has 2 heterocycles. The van der Waals surface area contributed by atoms with E-state index in [4.69, 9.17) is 4.74 Å². The van der Waals surface area contributed by atoms with Crippen molar-refractivity contribution in [2.45, 2.75) is 54.7 Å². The Morgan fingerprint density at radius 2 is 2.10 bits per heavy atom. The molecule has 1 N–H and O–H groups in total. The third-order valence-electron chi connectivity index (χ3n) is 5.40. The van der Waals surface area contributed by atoms with Crippen LogP contribution in [-0.2, 0) is 20.8 Å². The molecule has 2 aromatic rings. The monoisotopic (exact) mass is 432 g/mol. The van der Waals surface area contributed by atoms with E-state index in [2.05, 4.69) is 5.10 Å². The zero-order valence-corrected chi connectivity index (χ0v) is 16.9. The fourth-order valence-corrected chi connectivity index (χ4v) is 5.39. The van der Waals surface area contributed by atoms with Gasteiger partial charge in [0, 0.05) is 12.8 Å². The van der Waals surface area contributed by atoms with Crippen molar-refractivity contribution in [3.8, 4) is 0 Å². The lowest BCUT2D eigenvalue weighted by Gasteiger charge is -2.38. The van der Waals surface area contributed by atoms with Gasteiger partial charge in [0.1, 0.15) is 6.10 Å². The highest BCUT2D eigenvalue weighted by Crippen LogP contribution is 2.43. The summed E-state index contributed by atoms with van der Waals surface area (Å²) in [5.41, 5.74) is -0.377. The molecule has 0 bridgehead atoms. The molecule has 1 saturated heterocycles. The van der Waals surface area contributed by atoms with Gasteiger partial charge in [-0.25, -0.2) is 8.42 Å². The number of aromatic nitrogens is 2. The average Bonchev–Trinajstić information content (AvgIpc) is 3.16. The van der Waals surface area contributed by atoms with Crippen molar-refractivity contribution in [2.75, 3.05) is 13.2 Å². The number of alkyl halides is 3. The number of benzene rings is 1.